The van der Waals surface area contributed by atoms with Gasteiger partial charge in [-0.1, -0.05) is 110 Å². The van der Waals surface area contributed by atoms with Crippen LogP contribution < -0.4 is 0 Å². The highest BCUT2D eigenvalue weighted by atomic mass is 15.2. The third-order valence-electron chi connectivity index (χ3n) is 8.21. The quantitative estimate of drug-likeness (QED) is 0.128. The molecule has 3 rings (SSSR count). The van der Waals surface area contributed by atoms with Crippen LogP contribution in [0.1, 0.15) is 146 Å². The molecule has 0 atom stereocenters. The summed E-state index contributed by atoms with van der Waals surface area (Å²) in [5.74, 6) is 0. The molecule has 39 heavy (non-hydrogen) atoms. The Balaban J connectivity index is 1.96. The molecule has 1 heterocycles. The van der Waals surface area contributed by atoms with Gasteiger partial charge in [0.15, 0.2) is 0 Å². The maximum absolute atomic E-state index is 11.9. The summed E-state index contributed by atoms with van der Waals surface area (Å²) >= 11 is 0. The molecule has 2 nitrogen and oxygen atoms in total. The van der Waals surface area contributed by atoms with Crippen LogP contribution in [0.4, 0.5) is 0 Å². The SMILES string of the molecule is CCCCCCCCc1cccc(C2=C(CCCCC)C(CCCC)=C(c3cccc(CCCC)c3)[N+]2=[N-])c1. The van der Waals surface area contributed by atoms with Crippen molar-refractivity contribution in [3.63, 3.8) is 0 Å². The van der Waals surface area contributed by atoms with Gasteiger partial charge in [0.1, 0.15) is 0 Å². The Kier molecular flexibility index (Phi) is 13.7. The monoisotopic (exact) mass is 526 g/mol. The molecule has 2 heteroatoms. The van der Waals surface area contributed by atoms with Crippen LogP contribution in [0, 0.1) is 0 Å². The van der Waals surface area contributed by atoms with Crippen molar-refractivity contribution in [1.82, 2.24) is 0 Å². The molecule has 0 saturated heterocycles. The number of aryl methyl sites for hydroxylation is 2. The minimum Gasteiger partial charge on any atom is -0.493 e. The zero-order chi connectivity index (χ0) is 27.9. The third-order valence-corrected chi connectivity index (χ3v) is 8.21. The minimum absolute atomic E-state index is 1.02. The Morgan fingerprint density at radius 2 is 0.897 bits per heavy atom. The standard InChI is InChI=1S/C37H54N2/c1-5-9-13-14-15-17-21-31-23-19-25-33(29-31)37-35(27-16-10-6-2)34(26-12-8-4)36(39(37)38)32-24-18-22-30(28-32)20-11-7-3/h18-19,22-25,28-29H,5-17,20-21,26-27H2,1-4H3. The highest BCUT2D eigenvalue weighted by molar-refractivity contribution is 5.82. The van der Waals surface area contributed by atoms with Gasteiger partial charge in [-0.05, 0) is 86.8 Å². The van der Waals surface area contributed by atoms with Gasteiger partial charge in [-0.25, -0.2) is 4.70 Å². The van der Waals surface area contributed by atoms with Gasteiger partial charge in [-0.15, -0.1) is 0 Å². The fourth-order valence-corrected chi connectivity index (χ4v) is 5.93. The zero-order valence-electron chi connectivity index (χ0n) is 25.5. The number of nitrogens with zero attached hydrogens (tertiary/aromatic N) is 2. The van der Waals surface area contributed by atoms with E-state index in [1.54, 1.807) is 4.70 Å². The smallest absolute Gasteiger partial charge is 0.211 e. The Hall–Kier alpha value is -2.48. The van der Waals surface area contributed by atoms with Gasteiger partial charge >= 0.3 is 0 Å². The molecule has 0 bridgehead atoms. The lowest BCUT2D eigenvalue weighted by Gasteiger charge is -2.12. The Morgan fingerprint density at radius 3 is 1.46 bits per heavy atom. The summed E-state index contributed by atoms with van der Waals surface area (Å²) < 4.78 is 1.56. The molecular weight excluding hydrogens is 472 g/mol. The largest absolute Gasteiger partial charge is 0.493 e. The van der Waals surface area contributed by atoms with Crippen molar-refractivity contribution in [2.45, 2.75) is 137 Å². The lowest BCUT2D eigenvalue weighted by atomic mass is 9.91. The molecule has 0 fully saturated rings. The normalized spacial score (nSPS) is 13.7. The van der Waals surface area contributed by atoms with Crippen LogP contribution in [0.25, 0.3) is 16.9 Å². The molecule has 0 spiro atoms. The third kappa shape index (κ3) is 9.02. The molecule has 1 aliphatic heterocycles. The molecule has 0 amide bonds. The molecule has 0 aromatic heterocycles. The van der Waals surface area contributed by atoms with E-state index in [1.165, 1.54) is 98.5 Å². The molecule has 0 aliphatic carbocycles. The van der Waals surface area contributed by atoms with Crippen LogP contribution in [0.2, 0.25) is 0 Å². The lowest BCUT2D eigenvalue weighted by Crippen LogP contribution is -2.03. The fraction of sp³-hybridized carbons (Fsp3) is 0.568. The van der Waals surface area contributed by atoms with Crippen LogP contribution in [0.5, 0.6) is 0 Å². The van der Waals surface area contributed by atoms with Crippen molar-refractivity contribution < 1.29 is 4.70 Å². The summed E-state index contributed by atoms with van der Waals surface area (Å²) in [5, 5.41) is 0. The Morgan fingerprint density at radius 1 is 0.487 bits per heavy atom. The fourth-order valence-electron chi connectivity index (χ4n) is 5.93. The van der Waals surface area contributed by atoms with Crippen LogP contribution in [-0.4, -0.2) is 4.70 Å². The average Bonchev–Trinajstić information content (AvgIpc) is 3.23. The molecule has 0 saturated carbocycles. The van der Waals surface area contributed by atoms with E-state index in [2.05, 4.69) is 76.2 Å². The molecule has 0 radical (unpaired) electrons. The Bertz CT molecular complexity index is 1100. The van der Waals surface area contributed by atoms with E-state index in [4.69, 9.17) is 0 Å². The summed E-state index contributed by atoms with van der Waals surface area (Å²) in [7, 11) is 0. The van der Waals surface area contributed by atoms with Crippen molar-refractivity contribution in [2.75, 3.05) is 0 Å². The first-order valence-corrected chi connectivity index (χ1v) is 16.3. The van der Waals surface area contributed by atoms with Gasteiger partial charge in [0.25, 0.3) is 0 Å². The molecule has 2 aromatic rings. The van der Waals surface area contributed by atoms with E-state index in [0.717, 1.165) is 55.5 Å². The van der Waals surface area contributed by atoms with Crippen LogP contribution in [-0.2, 0) is 12.8 Å². The summed E-state index contributed by atoms with van der Waals surface area (Å²) in [5.41, 5.74) is 21.8. The zero-order valence-corrected chi connectivity index (χ0v) is 25.5. The first-order chi connectivity index (χ1) is 19.1. The predicted octanol–water partition coefficient (Wildman–Crippen LogP) is 11.9. The summed E-state index contributed by atoms with van der Waals surface area (Å²) in [6.07, 6.45) is 20.5. The molecule has 0 N–H and O–H groups in total. The topological polar surface area (TPSA) is 25.3 Å². The maximum Gasteiger partial charge on any atom is 0.211 e. The number of unbranched alkanes of at least 4 members (excludes halogenated alkanes) is 9. The van der Waals surface area contributed by atoms with Crippen LogP contribution in [0.15, 0.2) is 59.7 Å². The lowest BCUT2D eigenvalue weighted by molar-refractivity contribution is -0.345. The molecule has 0 unspecified atom stereocenters. The van der Waals surface area contributed by atoms with Gasteiger partial charge < -0.3 is 5.53 Å². The average molecular weight is 527 g/mol. The predicted molar refractivity (Wildman–Crippen MR) is 170 cm³/mol. The highest BCUT2D eigenvalue weighted by Crippen LogP contribution is 2.44. The first kappa shape index (κ1) is 31.1. The van der Waals surface area contributed by atoms with E-state index in [0.29, 0.717) is 0 Å². The molecule has 1 aliphatic rings. The van der Waals surface area contributed by atoms with Gasteiger partial charge in [0.2, 0.25) is 11.4 Å². The van der Waals surface area contributed by atoms with Crippen molar-refractivity contribution in [3.8, 4) is 0 Å². The minimum atomic E-state index is 1.02. The maximum atomic E-state index is 11.9. The number of hydrogen-bond donors (Lipinski definition) is 0. The van der Waals surface area contributed by atoms with Crippen LogP contribution in [0.3, 0.4) is 0 Å². The van der Waals surface area contributed by atoms with Crippen molar-refractivity contribution in [3.05, 3.63) is 87.5 Å². The second-order valence-corrected chi connectivity index (χ2v) is 11.5. The summed E-state index contributed by atoms with van der Waals surface area (Å²) in [6, 6.07) is 18.0. The molecule has 212 valence electrons. The number of benzene rings is 2. The summed E-state index contributed by atoms with van der Waals surface area (Å²) in [4.78, 5) is 0. The summed E-state index contributed by atoms with van der Waals surface area (Å²) in [6.45, 7) is 9.07. The number of allylic oxidation sites excluding steroid dienone is 2. The highest BCUT2D eigenvalue weighted by Gasteiger charge is 2.35. The van der Waals surface area contributed by atoms with Gasteiger partial charge in [-0.2, -0.15) is 0 Å². The van der Waals surface area contributed by atoms with Crippen molar-refractivity contribution in [2.24, 2.45) is 0 Å². The van der Waals surface area contributed by atoms with Crippen molar-refractivity contribution >= 4 is 11.4 Å². The van der Waals surface area contributed by atoms with E-state index in [-0.39, 0.29) is 0 Å². The van der Waals surface area contributed by atoms with E-state index in [1.807, 2.05) is 0 Å². The second kappa shape index (κ2) is 17.3. The van der Waals surface area contributed by atoms with Gasteiger partial charge in [-0.3, -0.25) is 0 Å². The number of rotatable bonds is 19. The molecule has 2 aromatic carbocycles. The van der Waals surface area contributed by atoms with Crippen molar-refractivity contribution in [1.29, 1.82) is 0 Å². The van der Waals surface area contributed by atoms with E-state index < -0.39 is 0 Å². The Labute approximate surface area is 240 Å². The van der Waals surface area contributed by atoms with Gasteiger partial charge in [0.05, 0.1) is 0 Å². The number of hydrogen-bond acceptors (Lipinski definition) is 0. The second-order valence-electron chi connectivity index (χ2n) is 11.5. The molecular formula is C37H54N2. The van der Waals surface area contributed by atoms with E-state index >= 15 is 0 Å². The van der Waals surface area contributed by atoms with E-state index in [9.17, 15) is 5.53 Å². The van der Waals surface area contributed by atoms with Gasteiger partial charge in [0, 0.05) is 22.3 Å². The first-order valence-electron chi connectivity index (χ1n) is 16.3. The van der Waals surface area contributed by atoms with Crippen LogP contribution >= 0.6 is 0 Å².